The summed E-state index contributed by atoms with van der Waals surface area (Å²) in [7, 11) is 1.25. The van der Waals surface area contributed by atoms with Crippen LogP contribution in [0.1, 0.15) is 21.7 Å². The lowest BCUT2D eigenvalue weighted by molar-refractivity contribution is -0.137. The highest BCUT2D eigenvalue weighted by Gasteiger charge is 2.30. The zero-order valence-electron chi connectivity index (χ0n) is 16.6. The lowest BCUT2D eigenvalue weighted by atomic mass is 10.1. The minimum Gasteiger partial charge on any atom is -0.465 e. The Morgan fingerprint density at radius 3 is 2.53 bits per heavy atom. The second-order valence-electron chi connectivity index (χ2n) is 6.44. The van der Waals surface area contributed by atoms with Gasteiger partial charge in [-0.3, -0.25) is 4.79 Å². The third kappa shape index (κ3) is 5.05. The molecule has 0 aliphatic rings. The fraction of sp³-hybridized carbons (Fsp3) is 0.0870. The Morgan fingerprint density at radius 1 is 1.09 bits per heavy atom. The van der Waals surface area contributed by atoms with Crippen molar-refractivity contribution >= 4 is 23.6 Å². The predicted molar refractivity (Wildman–Crippen MR) is 109 cm³/mol. The molecule has 0 aliphatic carbocycles. The molecule has 0 bridgehead atoms. The Kier molecular flexibility index (Phi) is 6.45. The third-order valence-corrected chi connectivity index (χ3v) is 4.32. The van der Waals surface area contributed by atoms with Crippen molar-refractivity contribution in [3.63, 3.8) is 0 Å². The molecule has 3 rings (SSSR count). The molecule has 0 spiro atoms. The molecule has 0 saturated carbocycles. The maximum Gasteiger partial charge on any atom is 0.416 e. The number of hydrogen-bond acceptors (Lipinski definition) is 5. The number of halogens is 3. The number of nitrogens with one attached hydrogen (secondary N) is 1. The van der Waals surface area contributed by atoms with Gasteiger partial charge in [0.25, 0.3) is 5.91 Å². The molecule has 1 aromatic heterocycles. The molecular formula is C23H15F3N2O4. The zero-order valence-corrected chi connectivity index (χ0v) is 16.6. The van der Waals surface area contributed by atoms with Crippen LogP contribution in [0.4, 0.5) is 18.9 Å². The van der Waals surface area contributed by atoms with E-state index in [1.165, 1.54) is 19.2 Å². The summed E-state index contributed by atoms with van der Waals surface area (Å²) in [6.07, 6.45) is -3.42. The number of rotatable bonds is 5. The SMILES string of the molecule is COC(=O)c1ccccc1-c1ccc(/C=C(/C#N)C(=O)Nc2cccc(C(F)(F)F)c2)o1. The fourth-order valence-electron chi connectivity index (χ4n) is 2.82. The Bertz CT molecular complexity index is 1240. The minimum absolute atomic E-state index is 0.113. The number of hydrogen-bond donors (Lipinski definition) is 1. The average molecular weight is 440 g/mol. The number of anilines is 1. The normalized spacial score (nSPS) is 11.5. The largest absolute Gasteiger partial charge is 0.465 e. The van der Waals surface area contributed by atoms with Crippen molar-refractivity contribution in [2.45, 2.75) is 6.18 Å². The van der Waals surface area contributed by atoms with E-state index in [0.29, 0.717) is 11.3 Å². The van der Waals surface area contributed by atoms with E-state index >= 15 is 0 Å². The molecule has 1 amide bonds. The highest BCUT2D eigenvalue weighted by atomic mass is 19.4. The smallest absolute Gasteiger partial charge is 0.416 e. The van der Waals surface area contributed by atoms with E-state index in [0.717, 1.165) is 24.3 Å². The Morgan fingerprint density at radius 2 is 1.84 bits per heavy atom. The summed E-state index contributed by atoms with van der Waals surface area (Å²) in [5.41, 5.74) is -0.714. The standard InChI is InChI=1S/C23H15F3N2O4/c1-31-22(30)19-8-3-2-7-18(19)20-10-9-17(32-20)11-14(13-27)21(29)28-16-6-4-5-15(12-16)23(24,25)26/h2-12H,1H3,(H,28,29)/b14-11-. The summed E-state index contributed by atoms with van der Waals surface area (Å²) in [5, 5.41) is 11.6. The number of nitrogens with zero attached hydrogens (tertiary/aromatic N) is 1. The van der Waals surface area contributed by atoms with Gasteiger partial charge < -0.3 is 14.5 Å². The van der Waals surface area contributed by atoms with Crippen molar-refractivity contribution < 1.29 is 31.9 Å². The first kappa shape index (κ1) is 22.4. The van der Waals surface area contributed by atoms with Gasteiger partial charge in [-0.1, -0.05) is 24.3 Å². The summed E-state index contributed by atoms with van der Waals surface area (Å²) in [6.45, 7) is 0. The van der Waals surface area contributed by atoms with Crippen molar-refractivity contribution in [2.75, 3.05) is 12.4 Å². The first-order chi connectivity index (χ1) is 15.2. The molecule has 0 aliphatic heterocycles. The van der Waals surface area contributed by atoms with Gasteiger partial charge in [0.05, 0.1) is 18.2 Å². The number of furan rings is 1. The van der Waals surface area contributed by atoms with E-state index in [-0.39, 0.29) is 22.6 Å². The molecule has 0 radical (unpaired) electrons. The summed E-state index contributed by atoms with van der Waals surface area (Å²) in [4.78, 5) is 24.3. The summed E-state index contributed by atoms with van der Waals surface area (Å²) < 4.78 is 48.9. The third-order valence-electron chi connectivity index (χ3n) is 4.32. The van der Waals surface area contributed by atoms with E-state index < -0.39 is 23.6 Å². The summed E-state index contributed by atoms with van der Waals surface area (Å²) in [5.74, 6) is -1.03. The van der Waals surface area contributed by atoms with Gasteiger partial charge >= 0.3 is 12.1 Å². The van der Waals surface area contributed by atoms with Crippen molar-refractivity contribution in [1.29, 1.82) is 5.26 Å². The van der Waals surface area contributed by atoms with Gasteiger partial charge in [0.1, 0.15) is 23.2 Å². The lowest BCUT2D eigenvalue weighted by Gasteiger charge is -2.09. The van der Waals surface area contributed by atoms with Crippen LogP contribution in [0.25, 0.3) is 17.4 Å². The quantitative estimate of drug-likeness (QED) is 0.330. The summed E-state index contributed by atoms with van der Waals surface area (Å²) >= 11 is 0. The van der Waals surface area contributed by atoms with E-state index in [9.17, 15) is 28.0 Å². The van der Waals surface area contributed by atoms with Crippen molar-refractivity contribution in [1.82, 2.24) is 0 Å². The number of carbonyl (C=O) groups is 2. The van der Waals surface area contributed by atoms with Gasteiger partial charge in [-0.15, -0.1) is 0 Å². The topological polar surface area (TPSA) is 92.3 Å². The van der Waals surface area contributed by atoms with Crippen molar-refractivity contribution in [3.05, 3.63) is 83.1 Å². The van der Waals surface area contributed by atoms with Crippen molar-refractivity contribution in [3.8, 4) is 17.4 Å². The minimum atomic E-state index is -4.57. The van der Waals surface area contributed by atoms with Crippen molar-refractivity contribution in [2.24, 2.45) is 0 Å². The van der Waals surface area contributed by atoms with E-state index in [4.69, 9.17) is 9.15 Å². The van der Waals surface area contributed by atoms with Gasteiger partial charge in [-0.05, 0) is 36.4 Å². The number of esters is 1. The van der Waals surface area contributed by atoms with Gasteiger partial charge in [-0.25, -0.2) is 4.79 Å². The molecule has 1 N–H and O–H groups in total. The van der Waals surface area contributed by atoms with Gasteiger partial charge in [0.2, 0.25) is 0 Å². The predicted octanol–water partition coefficient (Wildman–Crippen LogP) is 5.30. The molecule has 0 fully saturated rings. The lowest BCUT2D eigenvalue weighted by Crippen LogP contribution is -2.14. The Hall–Kier alpha value is -4.32. The second-order valence-corrected chi connectivity index (χ2v) is 6.44. The number of methoxy groups -OCH3 is 1. The maximum atomic E-state index is 12.8. The van der Waals surface area contributed by atoms with Crippen LogP contribution in [0, 0.1) is 11.3 Å². The number of ether oxygens (including phenoxy) is 1. The molecule has 0 saturated heterocycles. The Labute approximate surface area is 180 Å². The van der Waals surface area contributed by atoms with Crippen LogP contribution in [0.15, 0.2) is 70.7 Å². The van der Waals surface area contributed by atoms with Crippen LogP contribution in [0.5, 0.6) is 0 Å². The first-order valence-electron chi connectivity index (χ1n) is 9.11. The van der Waals surface area contributed by atoms with Gasteiger partial charge in [0.15, 0.2) is 0 Å². The van der Waals surface area contributed by atoms with Crippen LogP contribution in [-0.4, -0.2) is 19.0 Å². The molecule has 9 heteroatoms. The molecule has 1 heterocycles. The van der Waals surface area contributed by atoms with Gasteiger partial charge in [-0.2, -0.15) is 18.4 Å². The van der Waals surface area contributed by atoms with Crippen LogP contribution in [-0.2, 0) is 15.7 Å². The molecule has 6 nitrogen and oxygen atoms in total. The van der Waals surface area contributed by atoms with Crippen LogP contribution in [0.2, 0.25) is 0 Å². The molecule has 162 valence electrons. The fourth-order valence-corrected chi connectivity index (χ4v) is 2.82. The highest BCUT2D eigenvalue weighted by molar-refractivity contribution is 6.09. The van der Waals surface area contributed by atoms with E-state index in [1.54, 1.807) is 36.4 Å². The number of carbonyl (C=O) groups excluding carboxylic acids is 2. The van der Waals surface area contributed by atoms with Gasteiger partial charge in [0, 0.05) is 17.3 Å². The molecule has 3 aromatic rings. The first-order valence-corrected chi connectivity index (χ1v) is 9.11. The molecule has 2 aromatic carbocycles. The van der Waals surface area contributed by atoms with Crippen LogP contribution in [0.3, 0.4) is 0 Å². The van der Waals surface area contributed by atoms with Crippen LogP contribution < -0.4 is 5.32 Å². The molecule has 0 unspecified atom stereocenters. The zero-order chi connectivity index (χ0) is 23.3. The molecular weight excluding hydrogens is 425 g/mol. The number of amides is 1. The average Bonchev–Trinajstić information content (AvgIpc) is 3.25. The van der Waals surface area contributed by atoms with E-state index in [2.05, 4.69) is 5.32 Å². The monoisotopic (exact) mass is 440 g/mol. The maximum absolute atomic E-state index is 12.8. The number of benzene rings is 2. The number of nitriles is 1. The number of alkyl halides is 3. The molecule has 0 atom stereocenters. The summed E-state index contributed by atoms with van der Waals surface area (Å²) in [6, 6.07) is 15.3. The second kappa shape index (κ2) is 9.22. The van der Waals surface area contributed by atoms with E-state index in [1.807, 2.05) is 0 Å². The highest BCUT2D eigenvalue weighted by Crippen LogP contribution is 2.31. The molecule has 32 heavy (non-hydrogen) atoms. The van der Waals surface area contributed by atoms with Crippen LogP contribution >= 0.6 is 0 Å². The Balaban J connectivity index is 1.84.